The average Bonchev–Trinajstić information content (AvgIpc) is 3.45. The average molecular weight is 427 g/mol. The highest BCUT2D eigenvalue weighted by Crippen LogP contribution is 2.28. The number of amides is 1. The van der Waals surface area contributed by atoms with Crippen LogP contribution < -0.4 is 5.32 Å². The number of hydrogen-bond donors (Lipinski definition) is 1. The molecule has 0 radical (unpaired) electrons. The van der Waals surface area contributed by atoms with E-state index in [1.54, 1.807) is 24.3 Å². The first-order valence-electron chi connectivity index (χ1n) is 9.56. The Balaban J connectivity index is 1.42. The molecule has 1 aromatic heterocycles. The van der Waals surface area contributed by atoms with Crippen molar-refractivity contribution in [2.24, 2.45) is 0 Å². The summed E-state index contributed by atoms with van der Waals surface area (Å²) in [5, 5.41) is 4.85. The first-order valence-corrected chi connectivity index (χ1v) is 11.9. The van der Waals surface area contributed by atoms with Crippen LogP contribution in [-0.2, 0) is 16.6 Å². The summed E-state index contributed by atoms with van der Waals surface area (Å²) in [6.45, 7) is 1.52. The Morgan fingerprint density at radius 1 is 0.966 bits per heavy atom. The standard InChI is InChI=1S/C22H22N2O3S2/c25-22(21-20(12-15-28-21)18-6-2-1-3-7-18)23-16-17-8-10-19(11-9-17)29(26,27)24-13-4-5-14-24/h1-3,6-12,15H,4-5,13-14,16H2,(H,23,25). The molecule has 1 fully saturated rings. The Morgan fingerprint density at radius 2 is 1.66 bits per heavy atom. The van der Waals surface area contributed by atoms with Gasteiger partial charge in [0.1, 0.15) is 0 Å². The highest BCUT2D eigenvalue weighted by molar-refractivity contribution is 7.89. The minimum Gasteiger partial charge on any atom is -0.347 e. The maximum Gasteiger partial charge on any atom is 0.262 e. The van der Waals surface area contributed by atoms with E-state index in [9.17, 15) is 13.2 Å². The van der Waals surface area contributed by atoms with E-state index in [1.807, 2.05) is 41.8 Å². The Morgan fingerprint density at radius 3 is 2.34 bits per heavy atom. The summed E-state index contributed by atoms with van der Waals surface area (Å²) in [5.74, 6) is -0.132. The summed E-state index contributed by atoms with van der Waals surface area (Å²) < 4.78 is 26.7. The predicted molar refractivity (Wildman–Crippen MR) is 115 cm³/mol. The van der Waals surface area contributed by atoms with Gasteiger partial charge in [-0.1, -0.05) is 42.5 Å². The van der Waals surface area contributed by atoms with Crippen molar-refractivity contribution in [3.63, 3.8) is 0 Å². The lowest BCUT2D eigenvalue weighted by molar-refractivity contribution is 0.0955. The Labute approximate surface area is 175 Å². The van der Waals surface area contributed by atoms with Crippen LogP contribution in [0.1, 0.15) is 28.1 Å². The molecule has 1 aliphatic rings. The zero-order valence-electron chi connectivity index (χ0n) is 15.9. The molecule has 0 bridgehead atoms. The molecule has 4 rings (SSSR count). The molecule has 150 valence electrons. The van der Waals surface area contributed by atoms with Gasteiger partial charge in [-0.25, -0.2) is 8.42 Å². The Hall–Kier alpha value is -2.48. The number of nitrogens with zero attached hydrogens (tertiary/aromatic N) is 1. The lowest BCUT2D eigenvalue weighted by atomic mass is 10.1. The van der Waals surface area contributed by atoms with E-state index in [0.29, 0.717) is 29.4 Å². The second-order valence-electron chi connectivity index (χ2n) is 6.97. The normalized spacial score (nSPS) is 14.8. The molecule has 0 spiro atoms. The zero-order valence-corrected chi connectivity index (χ0v) is 17.5. The van der Waals surface area contributed by atoms with E-state index in [4.69, 9.17) is 0 Å². The zero-order chi connectivity index (χ0) is 20.3. The van der Waals surface area contributed by atoms with Crippen molar-refractivity contribution >= 4 is 27.3 Å². The molecule has 7 heteroatoms. The molecule has 5 nitrogen and oxygen atoms in total. The highest BCUT2D eigenvalue weighted by atomic mass is 32.2. The van der Waals surface area contributed by atoms with E-state index in [0.717, 1.165) is 29.5 Å². The minimum absolute atomic E-state index is 0.132. The molecule has 1 amide bonds. The third-order valence-electron chi connectivity index (χ3n) is 5.04. The summed E-state index contributed by atoms with van der Waals surface area (Å²) in [5.41, 5.74) is 2.78. The summed E-state index contributed by atoms with van der Waals surface area (Å²) in [6, 6.07) is 18.5. The number of nitrogens with one attached hydrogen (secondary N) is 1. The predicted octanol–water partition coefficient (Wildman–Crippen LogP) is 4.13. The van der Waals surface area contributed by atoms with Crippen LogP contribution in [0.2, 0.25) is 0 Å². The quantitative estimate of drug-likeness (QED) is 0.644. The van der Waals surface area contributed by atoms with E-state index in [1.165, 1.54) is 15.6 Å². The molecule has 1 N–H and O–H groups in total. The Kier molecular flexibility index (Phi) is 5.80. The Bertz CT molecular complexity index is 1080. The minimum atomic E-state index is -3.41. The van der Waals surface area contributed by atoms with Crippen LogP contribution in [0.5, 0.6) is 0 Å². The number of rotatable bonds is 6. The van der Waals surface area contributed by atoms with Crippen molar-refractivity contribution in [1.29, 1.82) is 0 Å². The summed E-state index contributed by atoms with van der Waals surface area (Å²) >= 11 is 1.41. The topological polar surface area (TPSA) is 66.5 Å². The SMILES string of the molecule is O=C(NCc1ccc(S(=O)(=O)N2CCCC2)cc1)c1sccc1-c1ccccc1. The molecule has 1 aliphatic heterocycles. The van der Waals surface area contributed by atoms with Crippen molar-refractivity contribution in [2.75, 3.05) is 13.1 Å². The highest BCUT2D eigenvalue weighted by Gasteiger charge is 2.26. The van der Waals surface area contributed by atoms with E-state index in [-0.39, 0.29) is 5.91 Å². The molecular weight excluding hydrogens is 404 g/mol. The van der Waals surface area contributed by atoms with Gasteiger partial charge in [-0.3, -0.25) is 4.79 Å². The number of thiophene rings is 1. The van der Waals surface area contributed by atoms with Crippen LogP contribution in [0.4, 0.5) is 0 Å². The summed E-state index contributed by atoms with van der Waals surface area (Å²) in [7, 11) is -3.41. The number of carbonyl (C=O) groups excluding carboxylic acids is 1. The number of benzene rings is 2. The monoisotopic (exact) mass is 426 g/mol. The molecule has 0 atom stereocenters. The fourth-order valence-corrected chi connectivity index (χ4v) is 5.80. The van der Waals surface area contributed by atoms with Gasteiger partial charge < -0.3 is 5.32 Å². The van der Waals surface area contributed by atoms with Gasteiger partial charge in [0.25, 0.3) is 5.91 Å². The van der Waals surface area contributed by atoms with Crippen LogP contribution in [0.25, 0.3) is 11.1 Å². The molecule has 2 heterocycles. The number of carbonyl (C=O) groups is 1. The van der Waals surface area contributed by atoms with Gasteiger partial charge in [-0.2, -0.15) is 4.31 Å². The van der Waals surface area contributed by atoms with Gasteiger partial charge in [0.2, 0.25) is 10.0 Å². The molecule has 3 aromatic rings. The largest absolute Gasteiger partial charge is 0.347 e. The van der Waals surface area contributed by atoms with Crippen LogP contribution in [0.15, 0.2) is 70.9 Å². The van der Waals surface area contributed by atoms with Crippen molar-refractivity contribution < 1.29 is 13.2 Å². The second kappa shape index (κ2) is 8.49. The maximum absolute atomic E-state index is 12.7. The van der Waals surface area contributed by atoms with Gasteiger partial charge in [-0.05, 0) is 47.5 Å². The lowest BCUT2D eigenvalue weighted by Gasteiger charge is -2.15. The van der Waals surface area contributed by atoms with Gasteiger partial charge in [0.05, 0.1) is 9.77 Å². The van der Waals surface area contributed by atoms with Crippen LogP contribution in [-0.4, -0.2) is 31.7 Å². The molecule has 0 aliphatic carbocycles. The van der Waals surface area contributed by atoms with Crippen molar-refractivity contribution in [3.8, 4) is 11.1 Å². The molecule has 0 saturated carbocycles. The fourth-order valence-electron chi connectivity index (χ4n) is 3.45. The second-order valence-corrected chi connectivity index (χ2v) is 9.82. The third kappa shape index (κ3) is 4.27. The van der Waals surface area contributed by atoms with Gasteiger partial charge >= 0.3 is 0 Å². The molecule has 1 saturated heterocycles. The number of sulfonamides is 1. The van der Waals surface area contributed by atoms with Gasteiger partial charge in [-0.15, -0.1) is 11.3 Å². The first kappa shape index (κ1) is 19.8. The van der Waals surface area contributed by atoms with Crippen molar-refractivity contribution in [1.82, 2.24) is 9.62 Å². The number of hydrogen-bond acceptors (Lipinski definition) is 4. The summed E-state index contributed by atoms with van der Waals surface area (Å²) in [4.78, 5) is 13.6. The van der Waals surface area contributed by atoms with E-state index < -0.39 is 10.0 Å². The van der Waals surface area contributed by atoms with Crippen molar-refractivity contribution in [2.45, 2.75) is 24.3 Å². The van der Waals surface area contributed by atoms with Crippen LogP contribution >= 0.6 is 11.3 Å². The van der Waals surface area contributed by atoms with E-state index >= 15 is 0 Å². The van der Waals surface area contributed by atoms with Crippen LogP contribution in [0.3, 0.4) is 0 Å². The molecule has 2 aromatic carbocycles. The molecule has 0 unspecified atom stereocenters. The lowest BCUT2D eigenvalue weighted by Crippen LogP contribution is -2.27. The van der Waals surface area contributed by atoms with Gasteiger partial charge in [0.15, 0.2) is 0 Å². The molecule has 29 heavy (non-hydrogen) atoms. The van der Waals surface area contributed by atoms with Crippen molar-refractivity contribution in [3.05, 3.63) is 76.5 Å². The van der Waals surface area contributed by atoms with Gasteiger partial charge in [0, 0.05) is 25.2 Å². The summed E-state index contributed by atoms with van der Waals surface area (Å²) in [6.07, 6.45) is 1.83. The fraction of sp³-hybridized carbons (Fsp3) is 0.227. The van der Waals surface area contributed by atoms with Crippen LogP contribution in [0, 0.1) is 0 Å². The first-order chi connectivity index (χ1) is 14.1. The maximum atomic E-state index is 12.7. The smallest absolute Gasteiger partial charge is 0.262 e. The molecular formula is C22H22N2O3S2. The van der Waals surface area contributed by atoms with E-state index in [2.05, 4.69) is 5.32 Å². The third-order valence-corrected chi connectivity index (χ3v) is 7.86.